The predicted molar refractivity (Wildman–Crippen MR) is 61.1 cm³/mol. The van der Waals surface area contributed by atoms with E-state index in [1.54, 1.807) is 12.2 Å². The summed E-state index contributed by atoms with van der Waals surface area (Å²) >= 11 is 0. The van der Waals surface area contributed by atoms with Gasteiger partial charge in [-0.15, -0.1) is 0 Å². The predicted octanol–water partition coefficient (Wildman–Crippen LogP) is 1.76. The quantitative estimate of drug-likeness (QED) is 0.651. The number of ether oxygens (including phenoxy) is 2. The Hall–Kier alpha value is -1.42. The number of esters is 1. The third-order valence-corrected chi connectivity index (χ3v) is 3.44. The molecule has 92 valence electrons. The summed E-state index contributed by atoms with van der Waals surface area (Å²) in [6, 6.07) is 0. The van der Waals surface area contributed by atoms with Crippen LogP contribution in [0, 0.1) is 5.92 Å². The van der Waals surface area contributed by atoms with Crippen molar-refractivity contribution in [1.82, 2.24) is 0 Å². The zero-order valence-electron chi connectivity index (χ0n) is 10.3. The summed E-state index contributed by atoms with van der Waals surface area (Å²) in [5, 5.41) is 0. The first-order valence-electron chi connectivity index (χ1n) is 5.66. The lowest BCUT2D eigenvalue weighted by molar-refractivity contribution is -0.141. The van der Waals surface area contributed by atoms with Gasteiger partial charge in [0.15, 0.2) is 5.78 Å². The fraction of sp³-hybridized carbons (Fsp3) is 0.538. The molecule has 2 rings (SSSR count). The minimum atomic E-state index is -0.457. The molecule has 0 aromatic rings. The molecular weight excluding hydrogens is 220 g/mol. The lowest BCUT2D eigenvalue weighted by atomic mass is 9.75. The van der Waals surface area contributed by atoms with Crippen molar-refractivity contribution in [1.29, 1.82) is 0 Å². The number of fused-ring (bicyclic) bond motifs is 1. The zero-order valence-corrected chi connectivity index (χ0v) is 10.3. The van der Waals surface area contributed by atoms with E-state index in [-0.39, 0.29) is 24.3 Å². The van der Waals surface area contributed by atoms with E-state index in [4.69, 9.17) is 9.47 Å². The maximum absolute atomic E-state index is 11.5. The van der Waals surface area contributed by atoms with Crippen molar-refractivity contribution in [2.24, 2.45) is 5.92 Å². The van der Waals surface area contributed by atoms with Crippen molar-refractivity contribution in [2.75, 3.05) is 6.61 Å². The van der Waals surface area contributed by atoms with Crippen molar-refractivity contribution < 1.29 is 19.1 Å². The van der Waals surface area contributed by atoms with Crippen LogP contribution in [0.2, 0.25) is 0 Å². The summed E-state index contributed by atoms with van der Waals surface area (Å²) in [7, 11) is 0. The first-order valence-corrected chi connectivity index (χ1v) is 5.66. The third-order valence-electron chi connectivity index (χ3n) is 3.44. The number of carbonyl (C=O) groups is 2. The van der Waals surface area contributed by atoms with Gasteiger partial charge in [-0.25, -0.2) is 0 Å². The Morgan fingerprint density at radius 3 is 2.94 bits per heavy atom. The molecule has 17 heavy (non-hydrogen) atoms. The Bertz CT molecular complexity index is 433. The highest BCUT2D eigenvalue weighted by molar-refractivity contribution is 5.91. The Balaban J connectivity index is 2.33. The van der Waals surface area contributed by atoms with E-state index in [1.165, 1.54) is 6.92 Å². The third kappa shape index (κ3) is 2.17. The molecule has 1 aliphatic heterocycles. The molecule has 2 atom stereocenters. The molecule has 0 spiro atoms. The summed E-state index contributed by atoms with van der Waals surface area (Å²) in [5.74, 6) is 0.231. The summed E-state index contributed by atoms with van der Waals surface area (Å²) in [6.45, 7) is 5.49. The lowest BCUT2D eigenvalue weighted by Crippen LogP contribution is -2.44. The van der Waals surface area contributed by atoms with E-state index in [1.807, 2.05) is 13.8 Å². The van der Waals surface area contributed by atoms with Crippen molar-refractivity contribution >= 4 is 11.8 Å². The molecule has 0 saturated heterocycles. The Kier molecular flexibility index (Phi) is 2.91. The van der Waals surface area contributed by atoms with Crippen molar-refractivity contribution in [3.63, 3.8) is 0 Å². The Morgan fingerprint density at radius 1 is 1.59 bits per heavy atom. The van der Waals surface area contributed by atoms with Gasteiger partial charge < -0.3 is 9.47 Å². The van der Waals surface area contributed by atoms with Crippen LogP contribution < -0.4 is 0 Å². The van der Waals surface area contributed by atoms with Crippen LogP contribution in [0.4, 0.5) is 0 Å². The normalized spacial score (nSPS) is 32.4. The van der Waals surface area contributed by atoms with E-state index >= 15 is 0 Å². The number of carbonyl (C=O) groups excluding carboxylic acids is 2. The lowest BCUT2D eigenvalue weighted by Gasteiger charge is -2.41. The molecular formula is C13H16O4. The van der Waals surface area contributed by atoms with Gasteiger partial charge in [0.2, 0.25) is 0 Å². The van der Waals surface area contributed by atoms with Gasteiger partial charge in [0.05, 0.1) is 5.60 Å². The standard InChI is InChI=1S/C13H16O4/c1-8-11-6-10(15)4-5-13(11,3)16-7-12(8)17-9(2)14/h4-5,11H,6-7H2,1-3H3/t11-,13-/m0/s1. The summed E-state index contributed by atoms with van der Waals surface area (Å²) in [6.07, 6.45) is 3.78. The summed E-state index contributed by atoms with van der Waals surface area (Å²) < 4.78 is 10.8. The van der Waals surface area contributed by atoms with Gasteiger partial charge in [-0.1, -0.05) is 0 Å². The highest BCUT2D eigenvalue weighted by atomic mass is 16.6. The molecule has 0 aromatic carbocycles. The van der Waals surface area contributed by atoms with E-state index in [0.29, 0.717) is 12.2 Å². The van der Waals surface area contributed by atoms with Gasteiger partial charge in [-0.3, -0.25) is 9.59 Å². The Labute approximate surface area is 100 Å². The molecule has 0 fully saturated rings. The molecule has 0 aromatic heterocycles. The van der Waals surface area contributed by atoms with Gasteiger partial charge in [0.25, 0.3) is 0 Å². The first-order chi connectivity index (χ1) is 7.92. The number of hydrogen-bond acceptors (Lipinski definition) is 4. The SMILES string of the molecule is CC(=O)OC1=C(C)[C@@H]2CC(=O)C=C[C@]2(C)OC1. The van der Waals surface area contributed by atoms with Gasteiger partial charge >= 0.3 is 5.97 Å². The second-order valence-electron chi connectivity index (χ2n) is 4.73. The van der Waals surface area contributed by atoms with Crippen LogP contribution >= 0.6 is 0 Å². The van der Waals surface area contributed by atoms with Crippen molar-refractivity contribution in [2.45, 2.75) is 32.8 Å². The number of rotatable bonds is 1. The monoisotopic (exact) mass is 236 g/mol. The van der Waals surface area contributed by atoms with Crippen LogP contribution in [0.3, 0.4) is 0 Å². The average molecular weight is 236 g/mol. The minimum absolute atomic E-state index is 0.0388. The average Bonchev–Trinajstić information content (AvgIpc) is 2.25. The first kappa shape index (κ1) is 12.0. The molecule has 4 nitrogen and oxygen atoms in total. The van der Waals surface area contributed by atoms with E-state index in [9.17, 15) is 9.59 Å². The topological polar surface area (TPSA) is 52.6 Å². The molecule has 0 N–H and O–H groups in total. The molecule has 0 saturated carbocycles. The molecule has 1 aliphatic carbocycles. The number of allylic oxidation sites excluding steroid dienone is 1. The largest absolute Gasteiger partial charge is 0.429 e. The summed E-state index contributed by atoms with van der Waals surface area (Å²) in [4.78, 5) is 22.4. The van der Waals surface area contributed by atoms with Crippen LogP contribution in [0.5, 0.6) is 0 Å². The fourth-order valence-corrected chi connectivity index (χ4v) is 2.39. The van der Waals surface area contributed by atoms with Crippen LogP contribution in [0.15, 0.2) is 23.5 Å². The van der Waals surface area contributed by atoms with Crippen molar-refractivity contribution in [3.8, 4) is 0 Å². The second kappa shape index (κ2) is 4.11. The van der Waals surface area contributed by atoms with Gasteiger partial charge in [-0.2, -0.15) is 0 Å². The van der Waals surface area contributed by atoms with E-state index < -0.39 is 5.60 Å². The van der Waals surface area contributed by atoms with Crippen LogP contribution in [-0.2, 0) is 19.1 Å². The molecule has 1 heterocycles. The smallest absolute Gasteiger partial charge is 0.307 e. The summed E-state index contributed by atoms with van der Waals surface area (Å²) in [5.41, 5.74) is 0.480. The zero-order chi connectivity index (χ0) is 12.6. The van der Waals surface area contributed by atoms with Gasteiger partial charge in [0, 0.05) is 19.3 Å². The molecule has 2 aliphatic rings. The molecule has 4 heteroatoms. The molecule has 0 amide bonds. The number of ketones is 1. The van der Waals surface area contributed by atoms with E-state index in [0.717, 1.165) is 5.57 Å². The Morgan fingerprint density at radius 2 is 2.29 bits per heavy atom. The highest BCUT2D eigenvalue weighted by Gasteiger charge is 2.42. The van der Waals surface area contributed by atoms with Crippen LogP contribution in [-0.4, -0.2) is 24.0 Å². The maximum Gasteiger partial charge on any atom is 0.307 e. The molecule has 0 radical (unpaired) electrons. The van der Waals surface area contributed by atoms with Crippen LogP contribution in [0.1, 0.15) is 27.2 Å². The second-order valence-corrected chi connectivity index (χ2v) is 4.73. The minimum Gasteiger partial charge on any atom is -0.429 e. The van der Waals surface area contributed by atoms with E-state index in [2.05, 4.69) is 0 Å². The highest BCUT2D eigenvalue weighted by Crippen LogP contribution is 2.40. The molecule has 0 unspecified atom stereocenters. The number of hydrogen-bond donors (Lipinski definition) is 0. The van der Waals surface area contributed by atoms with Gasteiger partial charge in [-0.05, 0) is 31.6 Å². The van der Waals surface area contributed by atoms with Crippen LogP contribution in [0.25, 0.3) is 0 Å². The molecule has 0 bridgehead atoms. The van der Waals surface area contributed by atoms with Crippen molar-refractivity contribution in [3.05, 3.63) is 23.5 Å². The fourth-order valence-electron chi connectivity index (χ4n) is 2.39. The maximum atomic E-state index is 11.5. The van der Waals surface area contributed by atoms with Gasteiger partial charge in [0.1, 0.15) is 12.4 Å².